The molecular weight excluding hydrogens is 140 g/mol. The van der Waals surface area contributed by atoms with E-state index in [2.05, 4.69) is 4.98 Å². The third-order valence-electron chi connectivity index (χ3n) is 1.32. The highest BCUT2D eigenvalue weighted by Gasteiger charge is 1.92. The molecule has 0 bridgehead atoms. The van der Waals surface area contributed by atoms with Gasteiger partial charge in [-0.3, -0.25) is 0 Å². The third-order valence-corrected chi connectivity index (χ3v) is 1.32. The second-order valence-corrected chi connectivity index (χ2v) is 2.23. The molecule has 11 heavy (non-hydrogen) atoms. The van der Waals surface area contributed by atoms with Gasteiger partial charge >= 0.3 is 0 Å². The van der Waals surface area contributed by atoms with Crippen molar-refractivity contribution in [3.8, 4) is 0 Å². The second kappa shape index (κ2) is 3.93. The number of pyridine rings is 1. The van der Waals surface area contributed by atoms with Crippen LogP contribution in [0.5, 0.6) is 0 Å². The lowest BCUT2D eigenvalue weighted by molar-refractivity contribution is 0.134. The summed E-state index contributed by atoms with van der Waals surface area (Å²) >= 11 is 0. The van der Waals surface area contributed by atoms with Gasteiger partial charge in [0.1, 0.15) is 5.82 Å². The van der Waals surface area contributed by atoms with E-state index in [-0.39, 0.29) is 0 Å². The maximum Gasteiger partial charge on any atom is 0.123 e. The molecular formula is C8H12N2O. The second-order valence-electron chi connectivity index (χ2n) is 2.23. The summed E-state index contributed by atoms with van der Waals surface area (Å²) in [6, 6.07) is 3.71. The summed E-state index contributed by atoms with van der Waals surface area (Å²) in [5.74, 6) is 0.544. The Kier molecular flexibility index (Phi) is 2.86. The van der Waals surface area contributed by atoms with Crippen LogP contribution in [-0.4, -0.2) is 11.6 Å². The van der Waals surface area contributed by atoms with Gasteiger partial charge in [-0.2, -0.15) is 0 Å². The van der Waals surface area contributed by atoms with E-state index in [0.29, 0.717) is 12.4 Å². The number of hydrogen-bond donors (Lipinski definition) is 1. The van der Waals surface area contributed by atoms with Crippen molar-refractivity contribution in [3.63, 3.8) is 0 Å². The van der Waals surface area contributed by atoms with Gasteiger partial charge in [-0.25, -0.2) is 4.98 Å². The molecule has 0 aliphatic rings. The topological polar surface area (TPSA) is 48.1 Å². The number of hydrogen-bond acceptors (Lipinski definition) is 3. The zero-order valence-corrected chi connectivity index (χ0v) is 6.58. The Hall–Kier alpha value is -1.09. The van der Waals surface area contributed by atoms with Gasteiger partial charge in [-0.15, -0.1) is 0 Å². The lowest BCUT2D eigenvalue weighted by Gasteiger charge is -2.00. The zero-order valence-electron chi connectivity index (χ0n) is 6.58. The van der Waals surface area contributed by atoms with Crippen molar-refractivity contribution in [3.05, 3.63) is 23.9 Å². The maximum atomic E-state index is 5.46. The quantitative estimate of drug-likeness (QED) is 0.708. The van der Waals surface area contributed by atoms with Crippen molar-refractivity contribution in [2.75, 3.05) is 12.3 Å². The van der Waals surface area contributed by atoms with E-state index in [4.69, 9.17) is 10.5 Å². The highest BCUT2D eigenvalue weighted by Crippen LogP contribution is 2.03. The van der Waals surface area contributed by atoms with E-state index in [1.165, 1.54) is 0 Å². The van der Waals surface area contributed by atoms with Crippen molar-refractivity contribution in [2.45, 2.75) is 13.5 Å². The van der Waals surface area contributed by atoms with E-state index in [1.54, 1.807) is 6.20 Å². The van der Waals surface area contributed by atoms with Crippen LogP contribution in [0.1, 0.15) is 12.5 Å². The number of nitrogen functional groups attached to an aromatic ring is 1. The van der Waals surface area contributed by atoms with E-state index in [0.717, 1.165) is 12.2 Å². The predicted octanol–water partition coefficient (Wildman–Crippen LogP) is 1.20. The Bertz CT molecular complexity index is 225. The highest BCUT2D eigenvalue weighted by molar-refractivity contribution is 5.31. The minimum absolute atomic E-state index is 0.544. The smallest absolute Gasteiger partial charge is 0.123 e. The van der Waals surface area contributed by atoms with E-state index in [1.807, 2.05) is 19.1 Å². The molecule has 0 atom stereocenters. The van der Waals surface area contributed by atoms with Crippen LogP contribution in [0.15, 0.2) is 18.3 Å². The average molecular weight is 152 g/mol. The minimum Gasteiger partial charge on any atom is -0.384 e. The summed E-state index contributed by atoms with van der Waals surface area (Å²) < 4.78 is 5.19. The first-order valence-electron chi connectivity index (χ1n) is 3.61. The standard InChI is InChI=1S/C8H12N2O/c1-2-11-6-7-3-4-10-8(9)5-7/h3-5H,2,6H2,1H3,(H2,9,10). The van der Waals surface area contributed by atoms with Crippen LogP contribution in [-0.2, 0) is 11.3 Å². The molecule has 1 aromatic heterocycles. The largest absolute Gasteiger partial charge is 0.384 e. The Balaban J connectivity index is 2.56. The van der Waals surface area contributed by atoms with Gasteiger partial charge in [0.05, 0.1) is 6.61 Å². The molecule has 0 aliphatic heterocycles. The molecule has 2 N–H and O–H groups in total. The van der Waals surface area contributed by atoms with E-state index >= 15 is 0 Å². The molecule has 1 rings (SSSR count). The molecule has 3 heteroatoms. The summed E-state index contributed by atoms with van der Waals surface area (Å²) in [5, 5.41) is 0. The number of ether oxygens (including phenoxy) is 1. The Morgan fingerprint density at radius 2 is 2.45 bits per heavy atom. The summed E-state index contributed by atoms with van der Waals surface area (Å²) in [5.41, 5.74) is 6.53. The average Bonchev–Trinajstić information content (AvgIpc) is 2.01. The summed E-state index contributed by atoms with van der Waals surface area (Å²) in [4.78, 5) is 3.87. The van der Waals surface area contributed by atoms with Crippen LogP contribution in [0.4, 0.5) is 5.82 Å². The molecule has 1 aromatic rings. The van der Waals surface area contributed by atoms with Crippen molar-refractivity contribution in [1.29, 1.82) is 0 Å². The molecule has 0 aromatic carbocycles. The van der Waals surface area contributed by atoms with Gasteiger partial charge in [0.15, 0.2) is 0 Å². The van der Waals surface area contributed by atoms with Gasteiger partial charge in [0.2, 0.25) is 0 Å². The van der Waals surface area contributed by atoms with Gasteiger partial charge in [-0.05, 0) is 24.6 Å². The van der Waals surface area contributed by atoms with Gasteiger partial charge < -0.3 is 10.5 Å². The highest BCUT2D eigenvalue weighted by atomic mass is 16.5. The minimum atomic E-state index is 0.544. The van der Waals surface area contributed by atoms with Crippen molar-refractivity contribution in [2.24, 2.45) is 0 Å². The first-order chi connectivity index (χ1) is 5.33. The lowest BCUT2D eigenvalue weighted by atomic mass is 10.3. The Morgan fingerprint density at radius 1 is 1.64 bits per heavy atom. The molecule has 3 nitrogen and oxygen atoms in total. The van der Waals surface area contributed by atoms with E-state index in [9.17, 15) is 0 Å². The lowest BCUT2D eigenvalue weighted by Crippen LogP contribution is -1.95. The molecule has 0 spiro atoms. The Labute approximate surface area is 66.2 Å². The third kappa shape index (κ3) is 2.55. The number of aromatic nitrogens is 1. The normalized spacial score (nSPS) is 9.91. The van der Waals surface area contributed by atoms with Crippen LogP contribution < -0.4 is 5.73 Å². The zero-order chi connectivity index (χ0) is 8.10. The van der Waals surface area contributed by atoms with Gasteiger partial charge in [0, 0.05) is 12.8 Å². The van der Waals surface area contributed by atoms with Crippen LogP contribution in [0, 0.1) is 0 Å². The molecule has 0 fully saturated rings. The van der Waals surface area contributed by atoms with Gasteiger partial charge in [-0.1, -0.05) is 0 Å². The fraction of sp³-hybridized carbons (Fsp3) is 0.375. The van der Waals surface area contributed by atoms with Crippen molar-refractivity contribution in [1.82, 2.24) is 4.98 Å². The molecule has 0 saturated heterocycles. The molecule has 0 unspecified atom stereocenters. The molecule has 0 aliphatic carbocycles. The van der Waals surface area contributed by atoms with Gasteiger partial charge in [0.25, 0.3) is 0 Å². The van der Waals surface area contributed by atoms with Crippen LogP contribution in [0.2, 0.25) is 0 Å². The molecule has 0 amide bonds. The Morgan fingerprint density at radius 3 is 3.09 bits per heavy atom. The summed E-state index contributed by atoms with van der Waals surface area (Å²) in [6.45, 7) is 3.30. The van der Waals surface area contributed by atoms with Crippen LogP contribution >= 0.6 is 0 Å². The summed E-state index contributed by atoms with van der Waals surface area (Å²) in [7, 11) is 0. The number of nitrogens with zero attached hydrogens (tertiary/aromatic N) is 1. The van der Waals surface area contributed by atoms with Crippen LogP contribution in [0.3, 0.4) is 0 Å². The predicted molar refractivity (Wildman–Crippen MR) is 44.0 cm³/mol. The first-order valence-corrected chi connectivity index (χ1v) is 3.61. The van der Waals surface area contributed by atoms with Crippen molar-refractivity contribution >= 4 is 5.82 Å². The van der Waals surface area contributed by atoms with Crippen LogP contribution in [0.25, 0.3) is 0 Å². The fourth-order valence-electron chi connectivity index (χ4n) is 0.804. The number of anilines is 1. The monoisotopic (exact) mass is 152 g/mol. The maximum absolute atomic E-state index is 5.46. The first kappa shape index (κ1) is 8.01. The molecule has 0 radical (unpaired) electrons. The molecule has 1 heterocycles. The fourth-order valence-corrected chi connectivity index (χ4v) is 0.804. The SMILES string of the molecule is CCOCc1ccnc(N)c1. The van der Waals surface area contributed by atoms with Crippen molar-refractivity contribution < 1.29 is 4.74 Å². The number of nitrogens with two attached hydrogens (primary N) is 1. The molecule has 0 saturated carbocycles. The number of rotatable bonds is 3. The van der Waals surface area contributed by atoms with E-state index < -0.39 is 0 Å². The summed E-state index contributed by atoms with van der Waals surface area (Å²) in [6.07, 6.45) is 1.68. The molecule has 60 valence electrons.